The Labute approximate surface area is 156 Å². The fourth-order valence-corrected chi connectivity index (χ4v) is 2.33. The van der Waals surface area contributed by atoms with E-state index in [-0.39, 0.29) is 29.5 Å². The normalized spacial score (nSPS) is 10.1. The minimum atomic E-state index is -0.817. The molecule has 0 N–H and O–H groups in total. The van der Waals surface area contributed by atoms with Gasteiger partial charge in [0.15, 0.2) is 12.4 Å². The predicted octanol–water partition coefficient (Wildman–Crippen LogP) is 2.81. The van der Waals surface area contributed by atoms with Gasteiger partial charge in [-0.25, -0.2) is 4.79 Å². The molecule has 0 spiro atoms. The lowest BCUT2D eigenvalue weighted by Gasteiger charge is -2.17. The first-order valence-corrected chi connectivity index (χ1v) is 8.28. The third kappa shape index (κ3) is 5.53. The molecule has 0 bridgehead atoms. The summed E-state index contributed by atoms with van der Waals surface area (Å²) in [6, 6.07) is 13.2. The first kappa shape index (κ1) is 19.9. The summed E-state index contributed by atoms with van der Waals surface area (Å²) in [6.45, 7) is 1.88. The molecular formula is C19H20N2O6. The molecule has 8 heteroatoms. The van der Waals surface area contributed by atoms with Crippen LogP contribution < -0.4 is 4.74 Å². The molecule has 0 aliphatic rings. The maximum atomic E-state index is 12.1. The Hall–Kier alpha value is -3.42. The molecule has 0 heterocycles. The van der Waals surface area contributed by atoms with E-state index >= 15 is 0 Å². The average molecular weight is 372 g/mol. The number of nitrogens with zero attached hydrogens (tertiary/aromatic N) is 2. The van der Waals surface area contributed by atoms with Crippen LogP contribution in [0.1, 0.15) is 22.8 Å². The van der Waals surface area contributed by atoms with Gasteiger partial charge in [0.25, 0.3) is 5.91 Å². The van der Waals surface area contributed by atoms with Crippen LogP contribution in [0.15, 0.2) is 48.5 Å². The van der Waals surface area contributed by atoms with Gasteiger partial charge in [0.05, 0.1) is 17.1 Å². The molecule has 0 aliphatic heterocycles. The van der Waals surface area contributed by atoms with Crippen LogP contribution >= 0.6 is 0 Å². The number of likely N-dealkylation sites (N-methyl/N-ethyl adjacent to an activating group) is 1. The number of hydrogen-bond donors (Lipinski definition) is 0. The lowest BCUT2D eigenvalue weighted by Crippen LogP contribution is -2.30. The molecule has 2 aromatic rings. The quantitative estimate of drug-likeness (QED) is 0.401. The Morgan fingerprint density at radius 1 is 1.15 bits per heavy atom. The standard InChI is InChI=1S/C19H20N2O6/c1-3-26-17-10-9-15(11-16(17)21(24)25)19(23)27-13-18(22)20(2)12-14-7-5-4-6-8-14/h4-11H,3,12-13H2,1-2H3. The van der Waals surface area contributed by atoms with Crippen LogP contribution in [0, 0.1) is 10.1 Å². The highest BCUT2D eigenvalue weighted by molar-refractivity contribution is 5.92. The number of amides is 1. The topological polar surface area (TPSA) is 99.0 Å². The van der Waals surface area contributed by atoms with E-state index in [9.17, 15) is 19.7 Å². The number of rotatable bonds is 8. The summed E-state index contributed by atoms with van der Waals surface area (Å²) < 4.78 is 10.2. The van der Waals surface area contributed by atoms with Crippen molar-refractivity contribution in [1.29, 1.82) is 0 Å². The van der Waals surface area contributed by atoms with E-state index in [4.69, 9.17) is 9.47 Å². The van der Waals surface area contributed by atoms with E-state index in [1.54, 1.807) is 14.0 Å². The molecule has 1 amide bonds. The number of esters is 1. The minimum Gasteiger partial charge on any atom is -0.487 e. The fourth-order valence-electron chi connectivity index (χ4n) is 2.33. The van der Waals surface area contributed by atoms with Crippen molar-refractivity contribution in [1.82, 2.24) is 4.90 Å². The number of carbonyl (C=O) groups is 2. The maximum Gasteiger partial charge on any atom is 0.338 e. The molecule has 0 atom stereocenters. The Bertz CT molecular complexity index is 822. The molecule has 0 aliphatic carbocycles. The molecule has 27 heavy (non-hydrogen) atoms. The van der Waals surface area contributed by atoms with E-state index in [1.807, 2.05) is 30.3 Å². The highest BCUT2D eigenvalue weighted by Gasteiger charge is 2.20. The van der Waals surface area contributed by atoms with Crippen molar-refractivity contribution >= 4 is 17.6 Å². The van der Waals surface area contributed by atoms with Crippen LogP contribution in [0.2, 0.25) is 0 Å². The van der Waals surface area contributed by atoms with Gasteiger partial charge in [-0.1, -0.05) is 30.3 Å². The van der Waals surface area contributed by atoms with Gasteiger partial charge in [0, 0.05) is 19.7 Å². The number of hydrogen-bond acceptors (Lipinski definition) is 6. The molecule has 0 saturated heterocycles. The number of carbonyl (C=O) groups excluding carboxylic acids is 2. The Kier molecular flexibility index (Phi) is 6.87. The monoisotopic (exact) mass is 372 g/mol. The average Bonchev–Trinajstić information content (AvgIpc) is 2.66. The molecule has 0 aromatic heterocycles. The van der Waals surface area contributed by atoms with Crippen LogP contribution in [-0.2, 0) is 16.1 Å². The van der Waals surface area contributed by atoms with Gasteiger partial charge in [-0.2, -0.15) is 0 Å². The van der Waals surface area contributed by atoms with Crippen molar-refractivity contribution in [3.05, 3.63) is 69.8 Å². The second-order valence-corrected chi connectivity index (χ2v) is 5.68. The molecule has 8 nitrogen and oxygen atoms in total. The van der Waals surface area contributed by atoms with E-state index in [0.717, 1.165) is 11.6 Å². The lowest BCUT2D eigenvalue weighted by molar-refractivity contribution is -0.385. The van der Waals surface area contributed by atoms with Gasteiger partial charge in [-0.3, -0.25) is 14.9 Å². The number of benzene rings is 2. The van der Waals surface area contributed by atoms with Crippen LogP contribution in [0.3, 0.4) is 0 Å². The molecule has 0 fully saturated rings. The highest BCUT2D eigenvalue weighted by atomic mass is 16.6. The summed E-state index contributed by atoms with van der Waals surface area (Å²) in [7, 11) is 1.60. The number of nitro benzene ring substituents is 1. The first-order chi connectivity index (χ1) is 12.9. The second-order valence-electron chi connectivity index (χ2n) is 5.68. The van der Waals surface area contributed by atoms with Crippen molar-refractivity contribution < 1.29 is 24.0 Å². The van der Waals surface area contributed by atoms with Crippen molar-refractivity contribution in [3.8, 4) is 5.75 Å². The molecule has 0 saturated carbocycles. The summed E-state index contributed by atoms with van der Waals surface area (Å²) in [5, 5.41) is 11.1. The fraction of sp³-hybridized carbons (Fsp3) is 0.263. The van der Waals surface area contributed by atoms with E-state index < -0.39 is 17.5 Å². The van der Waals surface area contributed by atoms with Crippen LogP contribution in [0.5, 0.6) is 5.75 Å². The number of ether oxygens (including phenoxy) is 2. The summed E-state index contributed by atoms with van der Waals surface area (Å²) in [5.74, 6) is -1.13. The largest absolute Gasteiger partial charge is 0.487 e. The van der Waals surface area contributed by atoms with Gasteiger partial charge in [-0.15, -0.1) is 0 Å². The molecule has 2 aromatic carbocycles. The summed E-state index contributed by atoms with van der Waals surface area (Å²) in [5.41, 5.74) is 0.587. The zero-order valence-electron chi connectivity index (χ0n) is 15.1. The smallest absolute Gasteiger partial charge is 0.338 e. The third-order valence-electron chi connectivity index (χ3n) is 3.71. The van der Waals surface area contributed by atoms with Gasteiger partial charge in [0.2, 0.25) is 0 Å². The van der Waals surface area contributed by atoms with Gasteiger partial charge in [0.1, 0.15) is 0 Å². The predicted molar refractivity (Wildman–Crippen MR) is 97.5 cm³/mol. The summed E-state index contributed by atoms with van der Waals surface area (Å²) >= 11 is 0. The Morgan fingerprint density at radius 2 is 1.85 bits per heavy atom. The van der Waals surface area contributed by atoms with Crippen molar-refractivity contribution in [2.45, 2.75) is 13.5 Å². The van der Waals surface area contributed by atoms with E-state index in [2.05, 4.69) is 0 Å². The first-order valence-electron chi connectivity index (χ1n) is 8.28. The van der Waals surface area contributed by atoms with Crippen molar-refractivity contribution in [2.75, 3.05) is 20.3 Å². The molecule has 142 valence electrons. The molecular weight excluding hydrogens is 352 g/mol. The minimum absolute atomic E-state index is 0.0244. The van der Waals surface area contributed by atoms with E-state index in [0.29, 0.717) is 6.54 Å². The van der Waals surface area contributed by atoms with Crippen molar-refractivity contribution in [2.24, 2.45) is 0 Å². The SMILES string of the molecule is CCOc1ccc(C(=O)OCC(=O)N(C)Cc2ccccc2)cc1[N+](=O)[O-]. The van der Waals surface area contributed by atoms with Crippen molar-refractivity contribution in [3.63, 3.8) is 0 Å². The second kappa shape index (κ2) is 9.33. The zero-order valence-corrected chi connectivity index (χ0v) is 15.1. The van der Waals surface area contributed by atoms with Gasteiger partial charge < -0.3 is 14.4 Å². The third-order valence-corrected chi connectivity index (χ3v) is 3.71. The number of nitro groups is 1. The van der Waals surface area contributed by atoms with Crippen LogP contribution in [-0.4, -0.2) is 42.0 Å². The van der Waals surface area contributed by atoms with Crippen LogP contribution in [0.4, 0.5) is 5.69 Å². The van der Waals surface area contributed by atoms with Gasteiger partial charge >= 0.3 is 11.7 Å². The molecule has 0 unspecified atom stereocenters. The lowest BCUT2D eigenvalue weighted by atomic mass is 10.2. The summed E-state index contributed by atoms with van der Waals surface area (Å²) in [6.07, 6.45) is 0. The molecule has 0 radical (unpaired) electrons. The summed E-state index contributed by atoms with van der Waals surface area (Å²) in [4.78, 5) is 36.1. The Balaban J connectivity index is 1.97. The maximum absolute atomic E-state index is 12.1. The highest BCUT2D eigenvalue weighted by Crippen LogP contribution is 2.28. The van der Waals surface area contributed by atoms with Gasteiger partial charge in [-0.05, 0) is 24.6 Å². The Morgan fingerprint density at radius 3 is 2.48 bits per heavy atom. The van der Waals surface area contributed by atoms with Crippen LogP contribution in [0.25, 0.3) is 0 Å². The van der Waals surface area contributed by atoms with E-state index in [1.165, 1.54) is 17.0 Å². The zero-order chi connectivity index (χ0) is 19.8. The molecule has 2 rings (SSSR count).